The van der Waals surface area contributed by atoms with Gasteiger partial charge in [0, 0.05) is 11.4 Å². The summed E-state index contributed by atoms with van der Waals surface area (Å²) >= 11 is 0. The quantitative estimate of drug-likeness (QED) is 0.0745. The molecule has 2 aliphatic carbocycles. The Bertz CT molecular complexity index is 1140. The van der Waals surface area contributed by atoms with Crippen molar-refractivity contribution in [3.05, 3.63) is 47.0 Å². The summed E-state index contributed by atoms with van der Waals surface area (Å²) in [4.78, 5) is 10.3. The molecule has 55 heavy (non-hydrogen) atoms. The monoisotopic (exact) mass is 757 g/mol. The van der Waals surface area contributed by atoms with Gasteiger partial charge in [-0.2, -0.15) is 0 Å². The molecule has 0 bridgehead atoms. The molecule has 2 saturated carbocycles. The van der Waals surface area contributed by atoms with E-state index >= 15 is 0 Å². The fraction of sp³-hybridized carbons (Fsp3) is 0.808. The average Bonchev–Trinajstić information content (AvgIpc) is 3.20. The lowest BCUT2D eigenvalue weighted by molar-refractivity contribution is 0.256. The number of pyridine rings is 2. The van der Waals surface area contributed by atoms with E-state index in [1.165, 1.54) is 228 Å². The lowest BCUT2D eigenvalue weighted by Gasteiger charge is -2.29. The van der Waals surface area contributed by atoms with Gasteiger partial charge in [0.25, 0.3) is 0 Å². The maximum absolute atomic E-state index is 6.72. The van der Waals surface area contributed by atoms with Crippen molar-refractivity contribution in [2.24, 2.45) is 23.7 Å². The summed E-state index contributed by atoms with van der Waals surface area (Å²) in [5.74, 6) is 5.30. The van der Waals surface area contributed by atoms with E-state index in [1.807, 2.05) is 12.4 Å². The molecule has 2 aliphatic rings. The van der Waals surface area contributed by atoms with Crippen LogP contribution in [0, 0.1) is 23.7 Å². The maximum atomic E-state index is 6.72. The van der Waals surface area contributed by atoms with Gasteiger partial charge in [-0.25, -0.2) is 0 Å². The molecule has 3 heteroatoms. The number of aromatic nitrogens is 2. The molecule has 0 aliphatic heterocycles. The third-order valence-electron chi connectivity index (χ3n) is 13.7. The van der Waals surface area contributed by atoms with Crippen LogP contribution in [0.4, 0.5) is 0 Å². The van der Waals surface area contributed by atoms with Crippen LogP contribution < -0.4 is 4.74 Å². The van der Waals surface area contributed by atoms with Crippen LogP contribution in [0.1, 0.15) is 243 Å². The van der Waals surface area contributed by atoms with E-state index in [0.717, 1.165) is 48.0 Å². The van der Waals surface area contributed by atoms with E-state index in [1.54, 1.807) is 0 Å². The molecule has 312 valence electrons. The molecule has 2 aromatic rings. The normalized spacial score (nSPS) is 20.2. The highest BCUT2D eigenvalue weighted by Crippen LogP contribution is 2.37. The molecule has 2 aromatic heterocycles. The van der Waals surface area contributed by atoms with Crippen LogP contribution in [0.3, 0.4) is 0 Å². The second-order valence-electron chi connectivity index (χ2n) is 18.6. The van der Waals surface area contributed by atoms with Crippen LogP contribution in [0.25, 0.3) is 0 Å². The van der Waals surface area contributed by atoms with Crippen LogP contribution in [-0.2, 0) is 25.7 Å². The Morgan fingerprint density at radius 3 is 1.11 bits per heavy atom. The Labute approximate surface area is 341 Å². The summed E-state index contributed by atoms with van der Waals surface area (Å²) in [6.07, 6.45) is 50.0. The Morgan fingerprint density at radius 1 is 0.418 bits per heavy atom. The van der Waals surface area contributed by atoms with Crippen LogP contribution in [0.2, 0.25) is 0 Å². The average molecular weight is 757 g/mol. The van der Waals surface area contributed by atoms with Crippen molar-refractivity contribution in [1.82, 2.24) is 9.97 Å². The highest BCUT2D eigenvalue weighted by atomic mass is 16.5. The number of rotatable bonds is 30. The summed E-state index contributed by atoms with van der Waals surface area (Å²) in [7, 11) is 0. The van der Waals surface area contributed by atoms with Crippen molar-refractivity contribution in [2.75, 3.05) is 0 Å². The minimum absolute atomic E-state index is 0.785. The largest absolute Gasteiger partial charge is 0.454 e. The Hall–Kier alpha value is -1.90. The molecule has 3 nitrogen and oxygen atoms in total. The van der Waals surface area contributed by atoms with Gasteiger partial charge in [-0.05, 0) is 111 Å². The second kappa shape index (κ2) is 28.5. The number of hydrogen-bond acceptors (Lipinski definition) is 3. The van der Waals surface area contributed by atoms with Crippen LogP contribution in [0.15, 0.2) is 24.5 Å². The van der Waals surface area contributed by atoms with Gasteiger partial charge in [0.2, 0.25) is 0 Å². The number of hydrogen-bond donors (Lipinski definition) is 0. The molecular formula is C52H88N2O. The first kappa shape index (κ1) is 45.8. The van der Waals surface area contributed by atoms with Gasteiger partial charge >= 0.3 is 0 Å². The number of unbranched alkanes of at least 4 members (excludes halogenated alkanes) is 16. The summed E-state index contributed by atoms with van der Waals surface area (Å²) in [6, 6.07) is 4.75. The summed E-state index contributed by atoms with van der Waals surface area (Å²) < 4.78 is 6.72. The second-order valence-corrected chi connectivity index (χ2v) is 18.6. The van der Waals surface area contributed by atoms with E-state index in [9.17, 15) is 0 Å². The van der Waals surface area contributed by atoms with Gasteiger partial charge in [0.1, 0.15) is 11.5 Å². The third-order valence-corrected chi connectivity index (χ3v) is 13.7. The topological polar surface area (TPSA) is 35.0 Å². The van der Waals surface area contributed by atoms with Crippen LogP contribution >= 0.6 is 0 Å². The summed E-state index contributed by atoms with van der Waals surface area (Å²) in [5.41, 5.74) is 5.57. The summed E-state index contributed by atoms with van der Waals surface area (Å²) in [6.45, 7) is 9.26. The minimum Gasteiger partial charge on any atom is -0.454 e. The Kier molecular flexibility index (Phi) is 23.7. The molecule has 0 atom stereocenters. The van der Waals surface area contributed by atoms with Gasteiger partial charge in [0.05, 0.1) is 12.4 Å². The SMILES string of the molecule is CCCCCCCc1ncc(Oc2cnc(CCCCCCC)c(CC3CCC(CCCCCCC)CC3)c2)cc1CC1CCC(CCCCCCC)CC1. The molecular weight excluding hydrogens is 669 g/mol. The smallest absolute Gasteiger partial charge is 0.146 e. The molecule has 0 saturated heterocycles. The highest BCUT2D eigenvalue weighted by molar-refractivity contribution is 5.36. The standard InChI is InChI=1S/C52H88N2O/c1-5-9-13-17-21-25-43-29-33-45(34-30-43)37-47-39-49(41-53-51(47)27-23-19-15-11-7-3)55-50-40-48(52(54-42-50)28-24-20-16-12-8-4)38-46-35-31-44(32-36-46)26-22-18-14-10-6-2/h39-46H,5-38H2,1-4H3. The lowest BCUT2D eigenvalue weighted by Crippen LogP contribution is -2.17. The van der Waals surface area contributed by atoms with Crippen LogP contribution in [-0.4, -0.2) is 9.97 Å². The molecule has 4 rings (SSSR count). The predicted molar refractivity (Wildman–Crippen MR) is 239 cm³/mol. The first-order valence-electron chi connectivity index (χ1n) is 24.7. The predicted octanol–water partition coefficient (Wildman–Crippen LogP) is 16.7. The molecule has 0 unspecified atom stereocenters. The zero-order valence-electron chi connectivity index (χ0n) is 37.0. The van der Waals surface area contributed by atoms with E-state index in [4.69, 9.17) is 14.7 Å². The first-order chi connectivity index (χ1) is 27.1. The van der Waals surface area contributed by atoms with Crippen molar-refractivity contribution in [3.8, 4) is 11.5 Å². The molecule has 0 radical (unpaired) electrons. The van der Waals surface area contributed by atoms with Crippen molar-refractivity contribution in [3.63, 3.8) is 0 Å². The molecule has 0 N–H and O–H groups in total. The van der Waals surface area contributed by atoms with Crippen molar-refractivity contribution in [1.29, 1.82) is 0 Å². The van der Waals surface area contributed by atoms with Crippen molar-refractivity contribution in [2.45, 2.75) is 246 Å². The van der Waals surface area contributed by atoms with Gasteiger partial charge in [-0.15, -0.1) is 0 Å². The van der Waals surface area contributed by atoms with Gasteiger partial charge < -0.3 is 4.74 Å². The maximum Gasteiger partial charge on any atom is 0.146 e. The fourth-order valence-electron chi connectivity index (χ4n) is 10.0. The molecule has 2 heterocycles. The number of ether oxygens (including phenoxy) is 1. The van der Waals surface area contributed by atoms with Gasteiger partial charge in [-0.1, -0.05) is 182 Å². The number of nitrogens with zero attached hydrogens (tertiary/aromatic N) is 2. The van der Waals surface area contributed by atoms with Crippen LogP contribution in [0.5, 0.6) is 11.5 Å². The molecule has 0 aromatic carbocycles. The van der Waals surface area contributed by atoms with E-state index in [-0.39, 0.29) is 0 Å². The van der Waals surface area contributed by atoms with E-state index < -0.39 is 0 Å². The summed E-state index contributed by atoms with van der Waals surface area (Å²) in [5, 5.41) is 0. The fourth-order valence-corrected chi connectivity index (χ4v) is 10.0. The van der Waals surface area contributed by atoms with E-state index in [0.29, 0.717) is 0 Å². The first-order valence-corrected chi connectivity index (χ1v) is 24.7. The van der Waals surface area contributed by atoms with Gasteiger partial charge in [0.15, 0.2) is 0 Å². The Balaban J connectivity index is 1.40. The number of aryl methyl sites for hydroxylation is 2. The van der Waals surface area contributed by atoms with Gasteiger partial charge in [-0.3, -0.25) is 9.97 Å². The third kappa shape index (κ3) is 18.5. The zero-order valence-corrected chi connectivity index (χ0v) is 37.0. The highest BCUT2D eigenvalue weighted by Gasteiger charge is 2.24. The van der Waals surface area contributed by atoms with E-state index in [2.05, 4.69) is 39.8 Å². The lowest BCUT2D eigenvalue weighted by atomic mass is 9.77. The zero-order chi connectivity index (χ0) is 38.8. The van der Waals surface area contributed by atoms with Crippen molar-refractivity contribution < 1.29 is 4.74 Å². The molecule has 2 fully saturated rings. The minimum atomic E-state index is 0.785. The molecule has 0 spiro atoms. The molecule has 0 amide bonds. The Morgan fingerprint density at radius 2 is 0.745 bits per heavy atom. The van der Waals surface area contributed by atoms with Crippen molar-refractivity contribution >= 4 is 0 Å².